The van der Waals surface area contributed by atoms with Gasteiger partial charge < -0.3 is 14.3 Å². The number of nitrogens with zero attached hydrogens (tertiary/aromatic N) is 6. The molecule has 0 amide bonds. The van der Waals surface area contributed by atoms with Gasteiger partial charge in [-0.2, -0.15) is 5.26 Å². The Labute approximate surface area is 210 Å². The van der Waals surface area contributed by atoms with Crippen molar-refractivity contribution >= 4 is 22.5 Å². The fourth-order valence-corrected chi connectivity index (χ4v) is 5.00. The minimum Gasteiger partial charge on any atom is -0.364 e. The Hall–Kier alpha value is -4.46. The average Bonchev–Trinajstić information content (AvgIpc) is 2.92. The molecule has 7 nitrogen and oxygen atoms in total. The molecule has 0 N–H and O–H groups in total. The van der Waals surface area contributed by atoms with Crippen molar-refractivity contribution in [3.63, 3.8) is 0 Å². The number of hydrogen-bond acceptors (Lipinski definition) is 5. The molecule has 0 spiro atoms. The zero-order valence-corrected chi connectivity index (χ0v) is 20.3. The van der Waals surface area contributed by atoms with Crippen molar-refractivity contribution in [3.05, 3.63) is 99.6 Å². The predicted octanol–water partition coefficient (Wildman–Crippen LogP) is 4.73. The minimum atomic E-state index is -0.342. The molecule has 1 aliphatic heterocycles. The third-order valence-electron chi connectivity index (χ3n) is 6.93. The Morgan fingerprint density at radius 3 is 2.58 bits per heavy atom. The number of piperazine rings is 1. The van der Waals surface area contributed by atoms with Gasteiger partial charge in [0.1, 0.15) is 17.3 Å². The Morgan fingerprint density at radius 2 is 1.86 bits per heavy atom. The number of benzene rings is 2. The van der Waals surface area contributed by atoms with Gasteiger partial charge in [0, 0.05) is 39.3 Å². The fraction of sp³-hybridized carbons (Fsp3) is 0.241. The molecule has 36 heavy (non-hydrogen) atoms. The van der Waals surface area contributed by atoms with Gasteiger partial charge in [0.25, 0.3) is 11.4 Å². The number of rotatable bonds is 4. The molecule has 0 radical (unpaired) electrons. The summed E-state index contributed by atoms with van der Waals surface area (Å²) in [7, 11) is 1.64. The first-order valence-electron chi connectivity index (χ1n) is 11.9. The van der Waals surface area contributed by atoms with E-state index in [9.17, 15) is 10.1 Å². The Bertz CT molecular complexity index is 1580. The van der Waals surface area contributed by atoms with Crippen LogP contribution in [0.15, 0.2) is 71.5 Å². The van der Waals surface area contributed by atoms with E-state index in [0.717, 1.165) is 13.1 Å². The molecule has 2 aromatic carbocycles. The molecule has 4 aromatic rings. The number of nitriles is 1. The third kappa shape index (κ3) is 4.22. The van der Waals surface area contributed by atoms with Crippen LogP contribution in [0, 0.1) is 17.9 Å². The molecule has 1 saturated heterocycles. The third-order valence-corrected chi connectivity index (χ3v) is 6.93. The molecule has 3 heterocycles. The lowest BCUT2D eigenvalue weighted by molar-refractivity contribution is 0.181. The Morgan fingerprint density at radius 1 is 1.08 bits per heavy atom. The van der Waals surface area contributed by atoms with Crippen molar-refractivity contribution in [3.8, 4) is 17.2 Å². The van der Waals surface area contributed by atoms with Gasteiger partial charge in [-0.3, -0.25) is 9.69 Å². The fourth-order valence-electron chi connectivity index (χ4n) is 5.00. The van der Waals surface area contributed by atoms with E-state index in [1.54, 1.807) is 19.2 Å². The predicted molar refractivity (Wildman–Crippen MR) is 142 cm³/mol. The van der Waals surface area contributed by atoms with Gasteiger partial charge in [-0.15, -0.1) is 4.98 Å². The van der Waals surface area contributed by atoms with E-state index >= 15 is 0 Å². The Balaban J connectivity index is 1.43. The summed E-state index contributed by atoms with van der Waals surface area (Å²) in [6, 6.07) is 24.6. The van der Waals surface area contributed by atoms with Crippen LogP contribution in [0.3, 0.4) is 0 Å². The second-order valence-corrected chi connectivity index (χ2v) is 9.18. The van der Waals surface area contributed by atoms with Gasteiger partial charge in [-0.25, -0.2) is 0 Å². The minimum absolute atomic E-state index is 0.0795. The summed E-state index contributed by atoms with van der Waals surface area (Å²) in [5.41, 5.74) is 5.07. The molecule has 1 atom stereocenters. The largest absolute Gasteiger partial charge is 0.364 e. The second kappa shape index (κ2) is 9.65. The van der Waals surface area contributed by atoms with E-state index in [0.29, 0.717) is 29.8 Å². The number of anilines is 1. The second-order valence-electron chi connectivity index (χ2n) is 9.18. The van der Waals surface area contributed by atoms with E-state index in [-0.39, 0.29) is 23.0 Å². The maximum Gasteiger partial charge on any atom is 0.271 e. The van der Waals surface area contributed by atoms with E-state index < -0.39 is 0 Å². The lowest BCUT2D eigenvalue weighted by atomic mass is 10.0. The van der Waals surface area contributed by atoms with Gasteiger partial charge >= 0.3 is 0 Å². The zero-order valence-electron chi connectivity index (χ0n) is 20.3. The summed E-state index contributed by atoms with van der Waals surface area (Å²) in [5.74, 6) is 0.247. The van der Waals surface area contributed by atoms with E-state index in [2.05, 4.69) is 81.2 Å². The van der Waals surface area contributed by atoms with Crippen LogP contribution in [0.25, 0.3) is 27.0 Å². The SMILES string of the molecule is [C-]#[N+]c1ccc2c(n1)c(N1CCN(Cc3cccc(-c4ccccc4)c3)[C@H](C)C1)c(C#N)c(=O)n2C. The molecule has 2 aromatic heterocycles. The molecular formula is C29H26N6O. The van der Waals surface area contributed by atoms with Crippen molar-refractivity contribution in [1.82, 2.24) is 14.5 Å². The summed E-state index contributed by atoms with van der Waals surface area (Å²) in [6.45, 7) is 12.4. The van der Waals surface area contributed by atoms with Gasteiger partial charge in [-0.05, 0) is 41.8 Å². The maximum absolute atomic E-state index is 13.0. The highest BCUT2D eigenvalue weighted by molar-refractivity contribution is 5.92. The lowest BCUT2D eigenvalue weighted by Gasteiger charge is -2.41. The molecule has 0 bridgehead atoms. The number of pyridine rings is 2. The van der Waals surface area contributed by atoms with Crippen molar-refractivity contribution in [2.75, 3.05) is 24.5 Å². The summed E-state index contributed by atoms with van der Waals surface area (Å²) in [5, 5.41) is 9.88. The summed E-state index contributed by atoms with van der Waals surface area (Å²) in [6.07, 6.45) is 0. The molecule has 7 heteroatoms. The highest BCUT2D eigenvalue weighted by Crippen LogP contribution is 2.31. The first-order chi connectivity index (χ1) is 17.5. The van der Waals surface area contributed by atoms with Crippen molar-refractivity contribution < 1.29 is 0 Å². The van der Waals surface area contributed by atoms with Crippen LogP contribution in [0.5, 0.6) is 0 Å². The quantitative estimate of drug-likeness (QED) is 0.400. The smallest absolute Gasteiger partial charge is 0.271 e. The summed E-state index contributed by atoms with van der Waals surface area (Å²) < 4.78 is 1.44. The van der Waals surface area contributed by atoms with Crippen LogP contribution in [-0.2, 0) is 13.6 Å². The van der Waals surface area contributed by atoms with Crippen LogP contribution in [0.1, 0.15) is 18.1 Å². The van der Waals surface area contributed by atoms with E-state index in [4.69, 9.17) is 6.57 Å². The molecule has 0 aliphatic carbocycles. The monoisotopic (exact) mass is 474 g/mol. The Kier molecular flexibility index (Phi) is 6.25. The van der Waals surface area contributed by atoms with Crippen molar-refractivity contribution in [1.29, 1.82) is 5.26 Å². The van der Waals surface area contributed by atoms with Gasteiger partial charge in [-0.1, -0.05) is 55.1 Å². The molecule has 5 rings (SSSR count). The summed E-state index contributed by atoms with van der Waals surface area (Å²) >= 11 is 0. The zero-order chi connectivity index (χ0) is 25.2. The first kappa shape index (κ1) is 23.3. The van der Waals surface area contributed by atoms with E-state index in [1.807, 2.05) is 6.07 Å². The number of aromatic nitrogens is 2. The standard InChI is InChI=1S/C29H26N6O/c1-20-18-35(28-24(17-30)29(36)33(3)25-12-13-26(31-2)32-27(25)28)15-14-34(20)19-21-8-7-11-23(16-21)22-9-5-4-6-10-22/h4-13,16,20H,14-15,18-19H2,1,3H3/t20-/m1/s1. The molecular weight excluding hydrogens is 448 g/mol. The topological polar surface area (TPSA) is 69.5 Å². The van der Waals surface area contributed by atoms with Gasteiger partial charge in [0.05, 0.1) is 5.52 Å². The average molecular weight is 475 g/mol. The van der Waals surface area contributed by atoms with Gasteiger partial charge in [0.15, 0.2) is 0 Å². The summed E-state index contributed by atoms with van der Waals surface area (Å²) in [4.78, 5) is 25.5. The molecule has 1 aliphatic rings. The van der Waals surface area contributed by atoms with Crippen LogP contribution in [0.2, 0.25) is 0 Å². The van der Waals surface area contributed by atoms with E-state index in [1.165, 1.54) is 21.3 Å². The molecule has 178 valence electrons. The number of fused-ring (bicyclic) bond motifs is 1. The molecule has 0 unspecified atom stereocenters. The van der Waals surface area contributed by atoms with Crippen molar-refractivity contribution in [2.45, 2.75) is 19.5 Å². The highest BCUT2D eigenvalue weighted by Gasteiger charge is 2.30. The van der Waals surface area contributed by atoms with Crippen LogP contribution >= 0.6 is 0 Å². The van der Waals surface area contributed by atoms with Crippen LogP contribution < -0.4 is 10.5 Å². The number of aryl methyl sites for hydroxylation is 1. The lowest BCUT2D eigenvalue weighted by Crippen LogP contribution is -2.52. The van der Waals surface area contributed by atoms with Gasteiger partial charge in [0.2, 0.25) is 5.52 Å². The molecule has 0 saturated carbocycles. The van der Waals surface area contributed by atoms with Crippen molar-refractivity contribution in [2.24, 2.45) is 7.05 Å². The maximum atomic E-state index is 13.0. The molecule has 1 fully saturated rings. The van der Waals surface area contributed by atoms with Crippen LogP contribution in [-0.4, -0.2) is 40.1 Å². The number of hydrogen-bond donors (Lipinski definition) is 0. The van der Waals surface area contributed by atoms with Crippen LogP contribution in [0.4, 0.5) is 11.5 Å². The first-order valence-corrected chi connectivity index (χ1v) is 11.9. The highest BCUT2D eigenvalue weighted by atomic mass is 16.1. The normalized spacial score (nSPS) is 16.0.